The van der Waals surface area contributed by atoms with Gasteiger partial charge in [0.25, 0.3) is 5.91 Å². The van der Waals surface area contributed by atoms with Crippen LogP contribution in [0.15, 0.2) is 55.2 Å². The van der Waals surface area contributed by atoms with Crippen molar-refractivity contribution in [2.24, 2.45) is 0 Å². The molecule has 2 aromatic heterocycles. The third-order valence-corrected chi connectivity index (χ3v) is 5.21. The first kappa shape index (κ1) is 22.5. The molecule has 8 nitrogen and oxygen atoms in total. The molecule has 1 aliphatic rings. The lowest BCUT2D eigenvalue weighted by atomic mass is 10.1. The Morgan fingerprint density at radius 2 is 1.73 bits per heavy atom. The average Bonchev–Trinajstić information content (AvgIpc) is 2.80. The number of pyridine rings is 1. The predicted octanol–water partition coefficient (Wildman–Crippen LogP) is 3.53. The first-order chi connectivity index (χ1) is 15.8. The van der Waals surface area contributed by atoms with E-state index < -0.39 is 6.11 Å². The van der Waals surface area contributed by atoms with Crippen LogP contribution in [0.4, 0.5) is 20.3 Å². The molecule has 0 radical (unpaired) electrons. The highest BCUT2D eigenvalue weighted by Crippen LogP contribution is 2.30. The van der Waals surface area contributed by atoms with E-state index >= 15 is 0 Å². The molecule has 0 saturated carbocycles. The van der Waals surface area contributed by atoms with Crippen molar-refractivity contribution in [3.63, 3.8) is 0 Å². The fourth-order valence-corrected chi connectivity index (χ4v) is 3.52. The fourth-order valence-electron chi connectivity index (χ4n) is 3.52. The molecule has 0 atom stereocenters. The third kappa shape index (κ3) is 5.78. The van der Waals surface area contributed by atoms with E-state index in [1.807, 2.05) is 0 Å². The number of nitrogens with one attached hydrogen (secondary N) is 1. The fraction of sp³-hybridized carbons (Fsp3) is 0.304. The molecule has 172 valence electrons. The largest absolute Gasteiger partial charge is 0.433 e. The van der Waals surface area contributed by atoms with Crippen LogP contribution in [0.25, 0.3) is 11.1 Å². The Morgan fingerprint density at radius 1 is 1.06 bits per heavy atom. The molecule has 1 aromatic carbocycles. The molecule has 1 saturated heterocycles. The number of alkyl halides is 2. The quantitative estimate of drug-likeness (QED) is 0.610. The van der Waals surface area contributed by atoms with Crippen molar-refractivity contribution in [3.05, 3.63) is 60.8 Å². The van der Waals surface area contributed by atoms with Crippen LogP contribution in [-0.2, 0) is 0 Å². The monoisotopic (exact) mass is 454 g/mol. The van der Waals surface area contributed by atoms with E-state index in [2.05, 4.69) is 41.9 Å². The number of likely N-dealkylation sites (N-methyl/N-ethyl adjacent to an activating group) is 1. The minimum atomic E-state index is -3.28. The van der Waals surface area contributed by atoms with E-state index in [0.29, 0.717) is 18.2 Å². The Kier molecular flexibility index (Phi) is 6.45. The number of piperazine rings is 1. The number of nitrogens with zero attached hydrogens (tertiary/aromatic N) is 5. The van der Waals surface area contributed by atoms with Gasteiger partial charge in [0.05, 0.1) is 5.56 Å². The Labute approximate surface area is 190 Å². The van der Waals surface area contributed by atoms with Gasteiger partial charge in [-0.15, -0.1) is 0 Å². The van der Waals surface area contributed by atoms with E-state index in [4.69, 9.17) is 0 Å². The number of hydrogen-bond acceptors (Lipinski definition) is 7. The molecule has 0 bridgehead atoms. The number of benzene rings is 1. The molecule has 4 rings (SSSR count). The highest BCUT2D eigenvalue weighted by atomic mass is 19.3. The van der Waals surface area contributed by atoms with E-state index in [9.17, 15) is 13.6 Å². The average molecular weight is 454 g/mol. The smallest absolute Gasteiger partial charge is 0.394 e. The van der Waals surface area contributed by atoms with Crippen LogP contribution in [0.1, 0.15) is 17.3 Å². The number of carbonyl (C=O) groups excluding carboxylic acids is 1. The molecule has 3 heterocycles. The molecule has 10 heteroatoms. The molecule has 1 fully saturated rings. The summed E-state index contributed by atoms with van der Waals surface area (Å²) in [4.78, 5) is 30.1. The number of aromatic nitrogens is 3. The summed E-state index contributed by atoms with van der Waals surface area (Å²) in [5, 5.41) is 2.76. The van der Waals surface area contributed by atoms with Crippen LogP contribution < -0.4 is 15.0 Å². The van der Waals surface area contributed by atoms with Crippen LogP contribution in [0.5, 0.6) is 5.75 Å². The second-order valence-electron chi connectivity index (χ2n) is 7.90. The molecular weight excluding hydrogens is 430 g/mol. The van der Waals surface area contributed by atoms with Gasteiger partial charge in [0.15, 0.2) is 0 Å². The van der Waals surface area contributed by atoms with Crippen LogP contribution in [-0.4, -0.2) is 65.1 Å². The number of anilines is 2. The van der Waals surface area contributed by atoms with Crippen LogP contribution in [0, 0.1) is 0 Å². The zero-order valence-corrected chi connectivity index (χ0v) is 18.3. The summed E-state index contributed by atoms with van der Waals surface area (Å²) in [5.74, 6) is 0.404. The van der Waals surface area contributed by atoms with Gasteiger partial charge in [0.2, 0.25) is 0 Å². The summed E-state index contributed by atoms with van der Waals surface area (Å²) in [5.41, 5.74) is 2.32. The number of amides is 1. The molecule has 3 aromatic rings. The summed E-state index contributed by atoms with van der Waals surface area (Å²) in [7, 11) is 2.08. The first-order valence-electron chi connectivity index (χ1n) is 10.5. The Balaban J connectivity index is 1.57. The van der Waals surface area contributed by atoms with E-state index in [1.165, 1.54) is 36.8 Å². The second-order valence-corrected chi connectivity index (χ2v) is 7.90. The maximum atomic E-state index is 13.0. The van der Waals surface area contributed by atoms with Gasteiger partial charge in [-0.1, -0.05) is 0 Å². The molecule has 0 aliphatic carbocycles. The summed E-state index contributed by atoms with van der Waals surface area (Å²) in [6, 6.07) is 7.50. The van der Waals surface area contributed by atoms with Crippen molar-refractivity contribution in [3.8, 4) is 16.9 Å². The van der Waals surface area contributed by atoms with E-state index in [0.717, 1.165) is 43.1 Å². The van der Waals surface area contributed by atoms with E-state index in [1.54, 1.807) is 18.5 Å². The van der Waals surface area contributed by atoms with Crippen molar-refractivity contribution >= 4 is 17.4 Å². The maximum absolute atomic E-state index is 13.0. The third-order valence-electron chi connectivity index (χ3n) is 5.21. The summed E-state index contributed by atoms with van der Waals surface area (Å²) < 4.78 is 30.5. The molecule has 0 unspecified atom stereocenters. The highest BCUT2D eigenvalue weighted by molar-refractivity contribution is 6.05. The lowest BCUT2D eigenvalue weighted by molar-refractivity contribution is -0.158. The summed E-state index contributed by atoms with van der Waals surface area (Å²) >= 11 is 0. The lowest BCUT2D eigenvalue weighted by Gasteiger charge is -2.34. The maximum Gasteiger partial charge on any atom is 0.394 e. The number of ether oxygens (including phenoxy) is 1. The predicted molar refractivity (Wildman–Crippen MR) is 121 cm³/mol. The highest BCUT2D eigenvalue weighted by Gasteiger charge is 2.23. The van der Waals surface area contributed by atoms with Gasteiger partial charge in [-0.25, -0.2) is 15.0 Å². The van der Waals surface area contributed by atoms with Crippen molar-refractivity contribution in [2.75, 3.05) is 43.4 Å². The topological polar surface area (TPSA) is 83.5 Å². The van der Waals surface area contributed by atoms with E-state index in [-0.39, 0.29) is 11.7 Å². The Morgan fingerprint density at radius 3 is 2.36 bits per heavy atom. The standard InChI is InChI=1S/C23H24F2N6O2/c1-23(24,25)33-19-5-3-18(4-6-19)29-22(32)16-11-20(17-12-26-15-27-13-17)21(28-14-16)31-9-7-30(2)8-10-31/h3-6,11-15H,7-10H2,1-2H3,(H,29,32). The van der Waals surface area contributed by atoms with Crippen molar-refractivity contribution in [2.45, 2.75) is 13.0 Å². The van der Waals surface area contributed by atoms with Gasteiger partial charge in [-0.2, -0.15) is 8.78 Å². The molecule has 1 amide bonds. The van der Waals surface area contributed by atoms with Crippen molar-refractivity contribution in [1.82, 2.24) is 19.9 Å². The Bertz CT molecular complexity index is 1100. The first-order valence-corrected chi connectivity index (χ1v) is 10.5. The van der Waals surface area contributed by atoms with Gasteiger partial charge < -0.3 is 19.9 Å². The van der Waals surface area contributed by atoms with Gasteiger partial charge in [0, 0.05) is 68.5 Å². The van der Waals surface area contributed by atoms with Crippen molar-refractivity contribution < 1.29 is 18.3 Å². The number of hydrogen-bond donors (Lipinski definition) is 1. The van der Waals surface area contributed by atoms with Crippen LogP contribution >= 0.6 is 0 Å². The summed E-state index contributed by atoms with van der Waals surface area (Å²) in [6.45, 7) is 4.13. The molecule has 0 spiro atoms. The van der Waals surface area contributed by atoms with Crippen molar-refractivity contribution in [1.29, 1.82) is 0 Å². The Hall–Kier alpha value is -3.66. The minimum Gasteiger partial charge on any atom is -0.433 e. The zero-order valence-electron chi connectivity index (χ0n) is 18.3. The SMILES string of the molecule is CN1CCN(c2ncc(C(=O)Nc3ccc(OC(C)(F)F)cc3)cc2-c2cncnc2)CC1. The summed E-state index contributed by atoms with van der Waals surface area (Å²) in [6.07, 6.45) is 3.08. The van der Waals surface area contributed by atoms with Gasteiger partial charge >= 0.3 is 6.11 Å². The minimum absolute atomic E-state index is 0.00468. The van der Waals surface area contributed by atoms with Crippen LogP contribution in [0.2, 0.25) is 0 Å². The molecule has 33 heavy (non-hydrogen) atoms. The molecule has 1 N–H and O–H groups in total. The molecular formula is C23H24F2N6O2. The van der Waals surface area contributed by atoms with Gasteiger partial charge in [0.1, 0.15) is 17.9 Å². The molecule has 1 aliphatic heterocycles. The lowest BCUT2D eigenvalue weighted by Crippen LogP contribution is -2.45. The number of carbonyl (C=O) groups is 1. The number of rotatable bonds is 6. The van der Waals surface area contributed by atoms with Gasteiger partial charge in [-0.3, -0.25) is 4.79 Å². The van der Waals surface area contributed by atoms with Crippen LogP contribution in [0.3, 0.4) is 0 Å². The second kappa shape index (κ2) is 9.45. The number of halogens is 2. The normalized spacial score (nSPS) is 14.7. The van der Waals surface area contributed by atoms with Gasteiger partial charge in [-0.05, 0) is 37.4 Å². The zero-order chi connectivity index (χ0) is 23.4.